The highest BCUT2D eigenvalue weighted by atomic mass is 127. The zero-order valence-corrected chi connectivity index (χ0v) is 20.6. The molecule has 0 aromatic carbocycles. The summed E-state index contributed by atoms with van der Waals surface area (Å²) in [6.07, 6.45) is 3.49. The number of rotatable bonds is 10. The molecular formula is C18H38IN5O3S. The van der Waals surface area contributed by atoms with Crippen LogP contribution in [0.25, 0.3) is 0 Å². The largest absolute Gasteiger partial charge is 0.379 e. The molecule has 1 aliphatic heterocycles. The van der Waals surface area contributed by atoms with E-state index in [-0.39, 0.29) is 29.7 Å². The van der Waals surface area contributed by atoms with Gasteiger partial charge in [0.25, 0.3) is 0 Å². The summed E-state index contributed by atoms with van der Waals surface area (Å²) in [5, 5.41) is 6.46. The number of hydrogen-bond donors (Lipinski definition) is 3. The third-order valence-corrected chi connectivity index (χ3v) is 6.81. The third kappa shape index (κ3) is 9.10. The molecule has 10 heteroatoms. The molecule has 0 bridgehead atoms. The number of ether oxygens (including phenoxy) is 1. The first kappa shape index (κ1) is 25.9. The normalized spacial score (nSPS) is 20.4. The zero-order chi connectivity index (χ0) is 19.7. The van der Waals surface area contributed by atoms with Gasteiger partial charge in [-0.15, -0.1) is 24.0 Å². The number of aliphatic imine (C=N–C) groups is 1. The van der Waals surface area contributed by atoms with Gasteiger partial charge in [-0.3, -0.25) is 9.89 Å². The molecule has 3 N–H and O–H groups in total. The smallest absolute Gasteiger partial charge is 0.213 e. The van der Waals surface area contributed by atoms with E-state index in [2.05, 4.69) is 39.1 Å². The van der Waals surface area contributed by atoms with Crippen LogP contribution in [0.2, 0.25) is 0 Å². The van der Waals surface area contributed by atoms with Crippen LogP contribution >= 0.6 is 24.0 Å². The Morgan fingerprint density at radius 2 is 1.89 bits per heavy atom. The minimum atomic E-state index is -3.24. The maximum Gasteiger partial charge on any atom is 0.213 e. The molecule has 2 fully saturated rings. The van der Waals surface area contributed by atoms with Crippen molar-refractivity contribution in [2.45, 2.75) is 39.2 Å². The Morgan fingerprint density at radius 3 is 2.43 bits per heavy atom. The monoisotopic (exact) mass is 531 g/mol. The first-order valence-corrected chi connectivity index (χ1v) is 11.8. The Hall–Kier alpha value is -0.170. The second kappa shape index (κ2) is 13.2. The van der Waals surface area contributed by atoms with Gasteiger partial charge in [0, 0.05) is 45.8 Å². The van der Waals surface area contributed by atoms with Gasteiger partial charge < -0.3 is 15.4 Å². The van der Waals surface area contributed by atoms with Gasteiger partial charge in [-0.25, -0.2) is 13.1 Å². The topological polar surface area (TPSA) is 95.1 Å². The molecule has 1 aliphatic carbocycles. The molecule has 166 valence electrons. The summed E-state index contributed by atoms with van der Waals surface area (Å²) < 4.78 is 32.3. The van der Waals surface area contributed by atoms with Gasteiger partial charge in [0.2, 0.25) is 10.0 Å². The van der Waals surface area contributed by atoms with Crippen LogP contribution in [0.1, 0.15) is 33.1 Å². The lowest BCUT2D eigenvalue weighted by atomic mass is 9.86. The van der Waals surface area contributed by atoms with Crippen molar-refractivity contribution < 1.29 is 13.2 Å². The van der Waals surface area contributed by atoms with Gasteiger partial charge in [-0.1, -0.05) is 20.3 Å². The van der Waals surface area contributed by atoms with Crippen molar-refractivity contribution in [3.63, 3.8) is 0 Å². The molecule has 2 aliphatic rings. The van der Waals surface area contributed by atoms with Crippen LogP contribution in [0.5, 0.6) is 0 Å². The fraction of sp³-hybridized carbons (Fsp3) is 0.944. The molecule has 1 unspecified atom stereocenters. The van der Waals surface area contributed by atoms with E-state index in [1.807, 2.05) is 0 Å². The van der Waals surface area contributed by atoms with Crippen LogP contribution in [0, 0.1) is 11.8 Å². The lowest BCUT2D eigenvalue weighted by Gasteiger charge is -2.37. The van der Waals surface area contributed by atoms with Crippen molar-refractivity contribution in [2.24, 2.45) is 16.8 Å². The van der Waals surface area contributed by atoms with Crippen molar-refractivity contribution in [3.8, 4) is 0 Å². The van der Waals surface area contributed by atoms with Crippen LogP contribution in [0.15, 0.2) is 4.99 Å². The summed E-state index contributed by atoms with van der Waals surface area (Å²) in [5.41, 5.74) is 0. The Kier molecular flexibility index (Phi) is 12.2. The Bertz CT molecular complexity index is 564. The summed E-state index contributed by atoms with van der Waals surface area (Å²) in [7, 11) is -1.53. The molecule has 1 atom stereocenters. The van der Waals surface area contributed by atoms with E-state index in [9.17, 15) is 8.42 Å². The molecule has 1 saturated heterocycles. The maximum absolute atomic E-state index is 12.1. The van der Waals surface area contributed by atoms with E-state index in [4.69, 9.17) is 4.74 Å². The molecule has 0 spiro atoms. The quantitative estimate of drug-likeness (QED) is 0.220. The number of morpholine rings is 1. The molecule has 1 heterocycles. The Labute approximate surface area is 187 Å². The predicted octanol–water partition coefficient (Wildman–Crippen LogP) is 0.846. The molecule has 0 aromatic rings. The second-order valence-corrected chi connectivity index (χ2v) is 9.73. The number of guanidine groups is 1. The molecule has 1 saturated carbocycles. The van der Waals surface area contributed by atoms with E-state index in [1.54, 1.807) is 7.05 Å². The number of halogens is 1. The number of nitrogens with one attached hydrogen (secondary N) is 3. The van der Waals surface area contributed by atoms with E-state index >= 15 is 0 Å². The number of nitrogens with zero attached hydrogens (tertiary/aromatic N) is 2. The highest BCUT2D eigenvalue weighted by molar-refractivity contribution is 14.0. The fourth-order valence-electron chi connectivity index (χ4n) is 3.44. The van der Waals surface area contributed by atoms with Gasteiger partial charge >= 0.3 is 0 Å². The molecule has 2 rings (SSSR count). The number of sulfonamides is 1. The first-order chi connectivity index (χ1) is 12.9. The minimum absolute atomic E-state index is 0. The highest BCUT2D eigenvalue weighted by Crippen LogP contribution is 2.25. The molecule has 0 radical (unpaired) electrons. The van der Waals surface area contributed by atoms with E-state index in [0.717, 1.165) is 45.7 Å². The molecule has 28 heavy (non-hydrogen) atoms. The lowest BCUT2D eigenvalue weighted by Crippen LogP contribution is -2.53. The molecule has 0 amide bonds. The van der Waals surface area contributed by atoms with Crippen LogP contribution in [-0.2, 0) is 14.8 Å². The average Bonchev–Trinajstić information content (AvgIpc) is 2.59. The maximum atomic E-state index is 12.1. The van der Waals surface area contributed by atoms with Crippen LogP contribution in [-0.4, -0.2) is 84.1 Å². The van der Waals surface area contributed by atoms with Crippen molar-refractivity contribution >= 4 is 40.0 Å². The molecule has 0 aromatic heterocycles. The van der Waals surface area contributed by atoms with Gasteiger partial charge in [0.15, 0.2) is 5.96 Å². The van der Waals surface area contributed by atoms with Gasteiger partial charge in [0.1, 0.15) is 0 Å². The van der Waals surface area contributed by atoms with Gasteiger partial charge in [0.05, 0.1) is 19.0 Å². The Balaban J connectivity index is 0.00000392. The molecule has 8 nitrogen and oxygen atoms in total. The number of hydrogen-bond acceptors (Lipinski definition) is 5. The fourth-order valence-corrected chi connectivity index (χ4v) is 4.44. The van der Waals surface area contributed by atoms with Gasteiger partial charge in [-0.2, -0.15) is 0 Å². The van der Waals surface area contributed by atoms with Crippen LogP contribution in [0.3, 0.4) is 0 Å². The van der Waals surface area contributed by atoms with Crippen molar-refractivity contribution in [1.29, 1.82) is 0 Å². The lowest BCUT2D eigenvalue weighted by molar-refractivity contribution is 0.00752. The van der Waals surface area contributed by atoms with E-state index in [1.165, 1.54) is 6.42 Å². The predicted molar refractivity (Wildman–Crippen MR) is 125 cm³/mol. The van der Waals surface area contributed by atoms with Crippen LogP contribution < -0.4 is 15.4 Å². The van der Waals surface area contributed by atoms with E-state index in [0.29, 0.717) is 36.9 Å². The minimum Gasteiger partial charge on any atom is -0.379 e. The summed E-state index contributed by atoms with van der Waals surface area (Å²) in [6.45, 7) is 9.57. The van der Waals surface area contributed by atoms with Crippen molar-refractivity contribution in [3.05, 3.63) is 0 Å². The summed E-state index contributed by atoms with van der Waals surface area (Å²) in [6, 6.07) is 0.389. The summed E-state index contributed by atoms with van der Waals surface area (Å²) >= 11 is 0. The van der Waals surface area contributed by atoms with Crippen molar-refractivity contribution in [2.75, 3.05) is 58.7 Å². The summed E-state index contributed by atoms with van der Waals surface area (Å²) in [5.74, 6) is 1.72. The molecular weight excluding hydrogens is 493 g/mol. The highest BCUT2D eigenvalue weighted by Gasteiger charge is 2.24. The van der Waals surface area contributed by atoms with Crippen molar-refractivity contribution in [1.82, 2.24) is 20.3 Å². The third-order valence-electron chi connectivity index (χ3n) is 5.47. The standard InChI is InChI=1S/C18H37N5O3S.HI/c1-15(2)17(23-8-10-26-11-9-23)14-21-18(19-3)20-7-12-27(24,25)22-13-16-5-4-6-16;/h15-17,22H,4-14H2,1-3H3,(H2,19,20,21);1H. The first-order valence-electron chi connectivity index (χ1n) is 10.1. The van der Waals surface area contributed by atoms with Crippen LogP contribution in [0.4, 0.5) is 0 Å². The second-order valence-electron chi connectivity index (χ2n) is 7.80. The SMILES string of the molecule is CN=C(NCCS(=O)(=O)NCC1CCC1)NCC(C(C)C)N1CCOCC1.I. The average molecular weight is 532 g/mol. The van der Waals surface area contributed by atoms with E-state index < -0.39 is 10.0 Å². The summed E-state index contributed by atoms with van der Waals surface area (Å²) in [4.78, 5) is 6.66. The van der Waals surface area contributed by atoms with Gasteiger partial charge in [-0.05, 0) is 24.7 Å². The zero-order valence-electron chi connectivity index (χ0n) is 17.4. The Morgan fingerprint density at radius 1 is 1.21 bits per heavy atom.